The van der Waals surface area contributed by atoms with Gasteiger partial charge in [0, 0.05) is 6.07 Å². The van der Waals surface area contributed by atoms with Crippen LogP contribution >= 0.6 is 0 Å². The monoisotopic (exact) mass is 325 g/mol. The molecule has 0 atom stereocenters. The molecular weight excluding hydrogens is 306 g/mol. The number of hydrogen-bond acceptors (Lipinski definition) is 6. The first-order valence-corrected chi connectivity index (χ1v) is 7.11. The van der Waals surface area contributed by atoms with E-state index < -0.39 is 23.6 Å². The van der Waals surface area contributed by atoms with Gasteiger partial charge in [-0.2, -0.15) is 0 Å². The van der Waals surface area contributed by atoms with Crippen LogP contribution in [0.15, 0.2) is 12.1 Å². The number of anilines is 1. The number of rotatable bonds is 7. The van der Waals surface area contributed by atoms with Gasteiger partial charge >= 0.3 is 18.0 Å². The molecule has 1 aromatic carbocycles. The molecular formula is C15H19NO7. The molecule has 0 saturated carbocycles. The molecule has 3 N–H and O–H groups in total. The van der Waals surface area contributed by atoms with Crippen LogP contribution in [0.3, 0.4) is 0 Å². The van der Waals surface area contributed by atoms with Crippen LogP contribution in [0.2, 0.25) is 0 Å². The molecule has 0 unspecified atom stereocenters. The number of carbonyl (C=O) groups excluding carboxylic acids is 2. The lowest BCUT2D eigenvalue weighted by Crippen LogP contribution is -2.19. The van der Waals surface area contributed by atoms with E-state index in [2.05, 4.69) is 5.32 Å². The second kappa shape index (κ2) is 8.62. The molecule has 0 bridgehead atoms. The molecule has 0 aliphatic heterocycles. The van der Waals surface area contributed by atoms with E-state index in [0.29, 0.717) is 6.42 Å². The van der Waals surface area contributed by atoms with Crippen molar-refractivity contribution in [3.05, 3.63) is 23.3 Å². The molecule has 0 saturated heterocycles. The predicted octanol–water partition coefficient (Wildman–Crippen LogP) is 2.62. The number of amides is 1. The molecule has 0 aromatic heterocycles. The number of nitrogens with one attached hydrogen (secondary N) is 1. The maximum atomic E-state index is 11.8. The molecule has 0 fully saturated rings. The second-order valence-electron chi connectivity index (χ2n) is 4.56. The van der Waals surface area contributed by atoms with Crippen LogP contribution in [-0.2, 0) is 9.47 Å². The summed E-state index contributed by atoms with van der Waals surface area (Å²) < 4.78 is 9.62. The number of hydrogen-bond donors (Lipinski definition) is 3. The van der Waals surface area contributed by atoms with E-state index in [1.54, 1.807) is 6.92 Å². The molecule has 1 amide bonds. The highest BCUT2D eigenvalue weighted by Gasteiger charge is 2.24. The van der Waals surface area contributed by atoms with E-state index in [1.807, 2.05) is 6.92 Å². The number of carboxylic acids is 1. The van der Waals surface area contributed by atoms with E-state index in [9.17, 15) is 24.6 Å². The SMILES string of the molecule is CCCCOC(=O)Nc1cc(O)cc(C(=O)OCC)c1C(=O)O. The van der Waals surface area contributed by atoms with Gasteiger partial charge in [0.05, 0.1) is 30.0 Å². The van der Waals surface area contributed by atoms with Crippen molar-refractivity contribution in [3.8, 4) is 5.75 Å². The Kier molecular flexibility index (Phi) is 6.85. The minimum absolute atomic E-state index is 0.0371. The Labute approximate surface area is 133 Å². The van der Waals surface area contributed by atoms with E-state index in [1.165, 1.54) is 0 Å². The van der Waals surface area contributed by atoms with E-state index in [4.69, 9.17) is 9.47 Å². The fraction of sp³-hybridized carbons (Fsp3) is 0.400. The lowest BCUT2D eigenvalue weighted by Gasteiger charge is -2.13. The molecule has 0 spiro atoms. The van der Waals surface area contributed by atoms with Gasteiger partial charge in [0.2, 0.25) is 0 Å². The van der Waals surface area contributed by atoms with Gasteiger partial charge in [-0.3, -0.25) is 5.32 Å². The molecule has 8 heteroatoms. The van der Waals surface area contributed by atoms with Crippen molar-refractivity contribution in [2.24, 2.45) is 0 Å². The largest absolute Gasteiger partial charge is 0.508 e. The van der Waals surface area contributed by atoms with Crippen LogP contribution in [0.1, 0.15) is 47.4 Å². The van der Waals surface area contributed by atoms with Gasteiger partial charge in [-0.05, 0) is 19.4 Å². The first-order chi connectivity index (χ1) is 10.9. The molecule has 23 heavy (non-hydrogen) atoms. The highest BCUT2D eigenvalue weighted by atomic mass is 16.5. The summed E-state index contributed by atoms with van der Waals surface area (Å²) in [5.74, 6) is -2.75. The van der Waals surface area contributed by atoms with Gasteiger partial charge in [0.15, 0.2) is 0 Å². The van der Waals surface area contributed by atoms with Crippen molar-refractivity contribution in [1.82, 2.24) is 0 Å². The van der Waals surface area contributed by atoms with Gasteiger partial charge in [-0.25, -0.2) is 14.4 Å². The number of aromatic carboxylic acids is 1. The Morgan fingerprint density at radius 1 is 1.17 bits per heavy atom. The summed E-state index contributed by atoms with van der Waals surface area (Å²) in [4.78, 5) is 34.9. The van der Waals surface area contributed by atoms with Crippen molar-refractivity contribution in [3.63, 3.8) is 0 Å². The van der Waals surface area contributed by atoms with Gasteiger partial charge in [-0.15, -0.1) is 0 Å². The molecule has 0 aliphatic carbocycles. The van der Waals surface area contributed by atoms with Gasteiger partial charge in [0.25, 0.3) is 0 Å². The quantitative estimate of drug-likeness (QED) is 0.520. The molecule has 1 aromatic rings. The van der Waals surface area contributed by atoms with E-state index >= 15 is 0 Å². The number of carbonyl (C=O) groups is 3. The minimum Gasteiger partial charge on any atom is -0.508 e. The van der Waals surface area contributed by atoms with Crippen molar-refractivity contribution in [1.29, 1.82) is 0 Å². The Bertz CT molecular complexity index is 598. The smallest absolute Gasteiger partial charge is 0.411 e. The van der Waals surface area contributed by atoms with E-state index in [0.717, 1.165) is 18.6 Å². The third-order valence-electron chi connectivity index (χ3n) is 2.80. The van der Waals surface area contributed by atoms with Crippen LogP contribution in [-0.4, -0.2) is 41.5 Å². The number of phenolic OH excluding ortho intramolecular Hbond substituents is 1. The summed E-state index contributed by atoms with van der Waals surface area (Å²) in [6, 6.07) is 1.99. The molecule has 0 radical (unpaired) electrons. The lowest BCUT2D eigenvalue weighted by atomic mass is 10.0. The van der Waals surface area contributed by atoms with Crippen molar-refractivity contribution in [2.45, 2.75) is 26.7 Å². The zero-order chi connectivity index (χ0) is 17.4. The third kappa shape index (κ3) is 5.17. The zero-order valence-electron chi connectivity index (χ0n) is 12.9. The highest BCUT2D eigenvalue weighted by molar-refractivity contribution is 6.08. The van der Waals surface area contributed by atoms with Crippen LogP contribution in [0, 0.1) is 0 Å². The van der Waals surface area contributed by atoms with Gasteiger partial charge in [-0.1, -0.05) is 13.3 Å². The first-order valence-electron chi connectivity index (χ1n) is 7.11. The summed E-state index contributed by atoms with van der Waals surface area (Å²) in [5.41, 5.74) is -1.08. The Balaban J connectivity index is 3.13. The highest BCUT2D eigenvalue weighted by Crippen LogP contribution is 2.27. The van der Waals surface area contributed by atoms with Crippen molar-refractivity contribution in [2.75, 3.05) is 18.5 Å². The maximum Gasteiger partial charge on any atom is 0.411 e. The summed E-state index contributed by atoms with van der Waals surface area (Å²) in [5, 5.41) is 21.2. The predicted molar refractivity (Wildman–Crippen MR) is 80.9 cm³/mol. The summed E-state index contributed by atoms with van der Waals surface area (Å²) in [6.07, 6.45) is 0.612. The second-order valence-corrected chi connectivity index (χ2v) is 4.56. The lowest BCUT2D eigenvalue weighted by molar-refractivity contribution is 0.0514. The summed E-state index contributed by atoms with van der Waals surface area (Å²) in [7, 11) is 0. The molecule has 8 nitrogen and oxygen atoms in total. The number of benzene rings is 1. The van der Waals surface area contributed by atoms with E-state index in [-0.39, 0.29) is 30.2 Å². The normalized spacial score (nSPS) is 10.0. The molecule has 0 heterocycles. The van der Waals surface area contributed by atoms with Crippen LogP contribution in [0.25, 0.3) is 0 Å². The Hall–Kier alpha value is -2.77. The van der Waals surface area contributed by atoms with Crippen molar-refractivity contribution >= 4 is 23.7 Å². The van der Waals surface area contributed by atoms with Gasteiger partial charge < -0.3 is 19.7 Å². The average Bonchev–Trinajstić information content (AvgIpc) is 2.46. The van der Waals surface area contributed by atoms with Crippen LogP contribution in [0.5, 0.6) is 5.75 Å². The Morgan fingerprint density at radius 2 is 1.87 bits per heavy atom. The average molecular weight is 325 g/mol. The number of esters is 1. The number of unbranched alkanes of at least 4 members (excludes halogenated alkanes) is 1. The summed E-state index contributed by atoms with van der Waals surface area (Å²) in [6.45, 7) is 3.69. The standard InChI is InChI=1S/C15H19NO7/c1-3-5-6-23-15(21)16-11-8-9(17)7-10(12(11)13(18)19)14(20)22-4-2/h7-8,17H,3-6H2,1-2H3,(H,16,21)(H,18,19). The minimum atomic E-state index is -1.45. The zero-order valence-corrected chi connectivity index (χ0v) is 12.9. The topological polar surface area (TPSA) is 122 Å². The summed E-state index contributed by atoms with van der Waals surface area (Å²) >= 11 is 0. The fourth-order valence-corrected chi connectivity index (χ4v) is 1.78. The number of carboxylic acid groups (broad SMARTS) is 1. The maximum absolute atomic E-state index is 11.8. The van der Waals surface area contributed by atoms with Crippen LogP contribution < -0.4 is 5.32 Å². The van der Waals surface area contributed by atoms with Gasteiger partial charge in [0.1, 0.15) is 5.75 Å². The first kappa shape index (κ1) is 18.3. The molecule has 126 valence electrons. The number of phenols is 1. The molecule has 1 rings (SSSR count). The number of ether oxygens (including phenoxy) is 2. The third-order valence-corrected chi connectivity index (χ3v) is 2.80. The molecule has 0 aliphatic rings. The Morgan fingerprint density at radius 3 is 2.43 bits per heavy atom. The van der Waals surface area contributed by atoms with Crippen LogP contribution in [0.4, 0.5) is 10.5 Å². The van der Waals surface area contributed by atoms with Crippen molar-refractivity contribution < 1.29 is 34.1 Å². The number of aromatic hydroxyl groups is 1. The fourth-order valence-electron chi connectivity index (χ4n) is 1.78.